The lowest BCUT2D eigenvalue weighted by atomic mass is 9.96. The van der Waals surface area contributed by atoms with Crippen LogP contribution in [-0.2, 0) is 12.0 Å². The first kappa shape index (κ1) is 27.1. The molecule has 0 aliphatic carbocycles. The number of amides is 1. The third kappa shape index (κ3) is 5.34. The highest BCUT2D eigenvalue weighted by molar-refractivity contribution is 6.05. The van der Waals surface area contributed by atoms with Gasteiger partial charge in [-0.2, -0.15) is 0 Å². The molecule has 1 amide bonds. The van der Waals surface area contributed by atoms with E-state index in [4.69, 9.17) is 5.11 Å². The number of aromatic nitrogens is 3. The van der Waals surface area contributed by atoms with Crippen LogP contribution in [0.3, 0.4) is 0 Å². The van der Waals surface area contributed by atoms with Crippen molar-refractivity contribution in [2.24, 2.45) is 0 Å². The second-order valence-corrected chi connectivity index (χ2v) is 10.2. The van der Waals surface area contributed by atoms with Gasteiger partial charge in [-0.25, -0.2) is 18.7 Å². The van der Waals surface area contributed by atoms with Crippen molar-refractivity contribution in [3.63, 3.8) is 0 Å². The molecule has 3 aromatic carbocycles. The lowest BCUT2D eigenvalue weighted by Crippen LogP contribution is -2.19. The minimum absolute atomic E-state index is 0.0728. The third-order valence-corrected chi connectivity index (χ3v) is 6.89. The monoisotopic (exact) mass is 542 g/mol. The van der Waals surface area contributed by atoms with Gasteiger partial charge < -0.3 is 20.5 Å². The predicted octanol–water partition coefficient (Wildman–Crippen LogP) is 5.89. The number of aromatic amines is 1. The average Bonchev–Trinajstić information content (AvgIpc) is 3.35. The van der Waals surface area contributed by atoms with E-state index in [-0.39, 0.29) is 17.9 Å². The predicted molar refractivity (Wildman–Crippen MR) is 150 cm³/mol. The molecule has 40 heavy (non-hydrogen) atoms. The minimum Gasteiger partial charge on any atom is -0.396 e. The smallest absolute Gasteiger partial charge is 0.258 e. The van der Waals surface area contributed by atoms with Gasteiger partial charge in [0.15, 0.2) is 0 Å². The number of halogens is 2. The molecular weight excluding hydrogens is 514 g/mol. The number of aliphatic hydroxyl groups excluding tert-OH is 1. The van der Waals surface area contributed by atoms with Gasteiger partial charge in [-0.1, -0.05) is 30.3 Å². The van der Waals surface area contributed by atoms with E-state index < -0.39 is 23.1 Å². The first-order valence-corrected chi connectivity index (χ1v) is 12.7. The highest BCUT2D eigenvalue weighted by Gasteiger charge is 2.22. The van der Waals surface area contributed by atoms with Crippen LogP contribution in [0.25, 0.3) is 33.5 Å². The van der Waals surface area contributed by atoms with E-state index in [1.807, 2.05) is 30.3 Å². The lowest BCUT2D eigenvalue weighted by Gasteiger charge is -2.18. The van der Waals surface area contributed by atoms with Gasteiger partial charge in [0, 0.05) is 28.9 Å². The summed E-state index contributed by atoms with van der Waals surface area (Å²) < 4.78 is 29.6. The molecule has 2 aromatic heterocycles. The summed E-state index contributed by atoms with van der Waals surface area (Å²) in [6, 6.07) is 16.0. The summed E-state index contributed by atoms with van der Waals surface area (Å²) in [5.41, 5.74) is 3.73. The number of anilines is 1. The van der Waals surface area contributed by atoms with Crippen molar-refractivity contribution in [3.05, 3.63) is 101 Å². The molecule has 5 aromatic rings. The Morgan fingerprint density at radius 2 is 1.77 bits per heavy atom. The molecule has 9 heteroatoms. The summed E-state index contributed by atoms with van der Waals surface area (Å²) in [5, 5.41) is 22.6. The maximum Gasteiger partial charge on any atom is 0.258 e. The fourth-order valence-corrected chi connectivity index (χ4v) is 4.61. The molecule has 0 radical (unpaired) electrons. The zero-order valence-electron chi connectivity index (χ0n) is 22.2. The molecule has 0 spiro atoms. The molecule has 0 saturated heterocycles. The van der Waals surface area contributed by atoms with Gasteiger partial charge in [0.25, 0.3) is 5.91 Å². The number of H-pyrrole nitrogens is 1. The summed E-state index contributed by atoms with van der Waals surface area (Å²) in [5.74, 6) is -2.15. The van der Waals surface area contributed by atoms with Crippen LogP contribution in [0, 0.1) is 18.6 Å². The van der Waals surface area contributed by atoms with Crippen LogP contribution in [0.15, 0.2) is 67.0 Å². The van der Waals surface area contributed by atoms with E-state index >= 15 is 0 Å². The third-order valence-electron chi connectivity index (χ3n) is 6.89. The fourth-order valence-electron chi connectivity index (χ4n) is 4.61. The molecule has 2 heterocycles. The van der Waals surface area contributed by atoms with Gasteiger partial charge in [-0.15, -0.1) is 0 Å². The van der Waals surface area contributed by atoms with Crippen molar-refractivity contribution in [1.29, 1.82) is 0 Å². The van der Waals surface area contributed by atoms with Gasteiger partial charge >= 0.3 is 0 Å². The van der Waals surface area contributed by atoms with Gasteiger partial charge in [0.05, 0.1) is 16.9 Å². The van der Waals surface area contributed by atoms with Gasteiger partial charge in [-0.3, -0.25) is 4.79 Å². The summed E-state index contributed by atoms with van der Waals surface area (Å²) in [6.45, 7) is 4.83. The molecule has 0 saturated carbocycles. The van der Waals surface area contributed by atoms with E-state index in [0.717, 1.165) is 22.9 Å². The zero-order valence-corrected chi connectivity index (χ0v) is 22.2. The van der Waals surface area contributed by atoms with Crippen molar-refractivity contribution in [3.8, 4) is 22.5 Å². The van der Waals surface area contributed by atoms with E-state index in [2.05, 4.69) is 20.3 Å². The quantitative estimate of drug-likeness (QED) is 0.205. The Bertz CT molecular complexity index is 1720. The van der Waals surface area contributed by atoms with Crippen LogP contribution in [0.5, 0.6) is 0 Å². The molecule has 0 fully saturated rings. The van der Waals surface area contributed by atoms with Gasteiger partial charge in [0.2, 0.25) is 0 Å². The number of nitrogens with zero attached hydrogens (tertiary/aromatic N) is 2. The molecule has 0 unspecified atom stereocenters. The van der Waals surface area contributed by atoms with Crippen LogP contribution < -0.4 is 5.32 Å². The van der Waals surface area contributed by atoms with Crippen LogP contribution in [0.2, 0.25) is 0 Å². The normalized spacial score (nSPS) is 11.7. The number of carbonyl (C=O) groups excluding carboxylic acids is 1. The van der Waals surface area contributed by atoms with Crippen LogP contribution in [0.1, 0.15) is 40.9 Å². The first-order valence-electron chi connectivity index (χ1n) is 12.7. The Labute approximate surface area is 229 Å². The fraction of sp³-hybridized carbons (Fsp3) is 0.194. The second kappa shape index (κ2) is 10.6. The molecule has 0 atom stereocenters. The number of nitrogens with one attached hydrogen (secondary N) is 2. The topological polar surface area (TPSA) is 111 Å². The molecule has 204 valence electrons. The van der Waals surface area contributed by atoms with Crippen molar-refractivity contribution >= 4 is 22.6 Å². The van der Waals surface area contributed by atoms with Gasteiger partial charge in [0.1, 0.15) is 23.6 Å². The van der Waals surface area contributed by atoms with Crippen molar-refractivity contribution in [2.75, 3.05) is 11.9 Å². The summed E-state index contributed by atoms with van der Waals surface area (Å²) in [7, 11) is 0. The maximum atomic E-state index is 14.9. The van der Waals surface area contributed by atoms with Crippen LogP contribution >= 0.6 is 0 Å². The number of aliphatic hydroxyl groups is 2. The van der Waals surface area contributed by atoms with E-state index in [1.165, 1.54) is 44.4 Å². The Morgan fingerprint density at radius 1 is 1.02 bits per heavy atom. The standard InChI is InChI=1S/C31H28F2N4O3/c1-17-23(13-21(32)14-26(17)37-30(39)22-9-8-20(12-25(22)33)31(2,3)40)28-24-15-27(36-29(24)35-16-34-28)19-6-4-18(5-7-19)10-11-38/h4-9,12-16,38,40H,10-11H2,1-3H3,(H,37,39)(H,34,35,36). The molecule has 0 bridgehead atoms. The Hall–Kier alpha value is -4.47. The molecule has 4 N–H and O–H groups in total. The SMILES string of the molecule is Cc1c(NC(=O)c2ccc(C(C)(C)O)cc2F)cc(F)cc1-c1ncnc2[nH]c(-c3ccc(CCO)cc3)cc12. The Kier molecular flexibility index (Phi) is 7.18. The van der Waals surface area contributed by atoms with Crippen LogP contribution in [-0.4, -0.2) is 37.7 Å². The molecule has 7 nitrogen and oxygen atoms in total. The minimum atomic E-state index is -1.27. The number of fused-ring (bicyclic) bond motifs is 1. The average molecular weight is 543 g/mol. The molecule has 5 rings (SSSR count). The lowest BCUT2D eigenvalue weighted by molar-refractivity contribution is 0.0780. The second-order valence-electron chi connectivity index (χ2n) is 10.2. The van der Waals surface area contributed by atoms with Crippen LogP contribution in [0.4, 0.5) is 14.5 Å². The van der Waals surface area contributed by atoms with Crippen molar-refractivity contribution in [2.45, 2.75) is 32.8 Å². The van der Waals surface area contributed by atoms with Crippen molar-refractivity contribution in [1.82, 2.24) is 15.0 Å². The largest absolute Gasteiger partial charge is 0.396 e. The van der Waals surface area contributed by atoms with E-state index in [9.17, 15) is 18.7 Å². The number of hydrogen-bond donors (Lipinski definition) is 4. The Balaban J connectivity index is 1.50. The maximum absolute atomic E-state index is 14.9. The van der Waals surface area contributed by atoms with Gasteiger partial charge in [-0.05, 0) is 79.8 Å². The Morgan fingerprint density at radius 3 is 2.45 bits per heavy atom. The van der Waals surface area contributed by atoms with E-state index in [0.29, 0.717) is 39.8 Å². The molecule has 0 aliphatic rings. The summed E-state index contributed by atoms with van der Waals surface area (Å²) >= 11 is 0. The number of hydrogen-bond acceptors (Lipinski definition) is 5. The number of carbonyl (C=O) groups is 1. The van der Waals surface area contributed by atoms with E-state index in [1.54, 1.807) is 6.92 Å². The number of benzene rings is 3. The molecule has 0 aliphatic heterocycles. The highest BCUT2D eigenvalue weighted by atomic mass is 19.1. The summed E-state index contributed by atoms with van der Waals surface area (Å²) in [4.78, 5) is 25.0. The first-order chi connectivity index (χ1) is 19.0. The highest BCUT2D eigenvalue weighted by Crippen LogP contribution is 2.35. The van der Waals surface area contributed by atoms with Crippen molar-refractivity contribution < 1.29 is 23.8 Å². The number of rotatable bonds is 7. The zero-order chi connectivity index (χ0) is 28.6. The molecular formula is C31H28F2N4O3. The summed E-state index contributed by atoms with van der Waals surface area (Å²) in [6.07, 6.45) is 1.95.